The van der Waals surface area contributed by atoms with Crippen LogP contribution in [0.5, 0.6) is 0 Å². The van der Waals surface area contributed by atoms with Crippen molar-refractivity contribution in [2.45, 2.75) is 18.0 Å². The first kappa shape index (κ1) is 11.2. The third-order valence-corrected chi connectivity index (χ3v) is 3.68. The van der Waals surface area contributed by atoms with Gasteiger partial charge in [0.15, 0.2) is 11.8 Å². The zero-order chi connectivity index (χ0) is 12.8. The van der Waals surface area contributed by atoms with Crippen molar-refractivity contribution in [1.82, 2.24) is 4.90 Å². The molecule has 0 aromatic heterocycles. The lowest BCUT2D eigenvalue weighted by Crippen LogP contribution is -2.64. The lowest BCUT2D eigenvalue weighted by atomic mass is 9.80. The molecule has 1 saturated heterocycles. The highest BCUT2D eigenvalue weighted by Gasteiger charge is 2.51. The maximum atomic E-state index is 11.8. The summed E-state index contributed by atoms with van der Waals surface area (Å²) in [4.78, 5) is 24.8. The van der Waals surface area contributed by atoms with Crippen LogP contribution in [0.25, 0.3) is 0 Å². The van der Waals surface area contributed by atoms with Crippen LogP contribution in [0.2, 0.25) is 0 Å². The molecule has 0 amide bonds. The van der Waals surface area contributed by atoms with Crippen molar-refractivity contribution in [2.24, 2.45) is 0 Å². The van der Waals surface area contributed by atoms with Crippen molar-refractivity contribution >= 4 is 11.8 Å². The molecular weight excluding hydrogens is 234 g/mol. The number of rotatable bonds is 1. The van der Waals surface area contributed by atoms with Crippen LogP contribution >= 0.6 is 0 Å². The van der Waals surface area contributed by atoms with Gasteiger partial charge in [-0.2, -0.15) is 0 Å². The summed E-state index contributed by atoms with van der Waals surface area (Å²) in [6, 6.07) is -1.10. The van der Waals surface area contributed by atoms with E-state index in [1.165, 1.54) is 6.08 Å². The SMILES string of the molecule is O=C(O)C1C(=O)C=CC23CC=CC=C2OCCN13. The first-order valence-electron chi connectivity index (χ1n) is 5.88. The summed E-state index contributed by atoms with van der Waals surface area (Å²) in [5.74, 6) is -0.741. The van der Waals surface area contributed by atoms with E-state index in [4.69, 9.17) is 4.74 Å². The number of ether oxygens (including phenoxy) is 1. The van der Waals surface area contributed by atoms with Gasteiger partial charge in [-0.1, -0.05) is 18.2 Å². The molecule has 1 aliphatic carbocycles. The van der Waals surface area contributed by atoms with Crippen LogP contribution in [-0.2, 0) is 14.3 Å². The van der Waals surface area contributed by atoms with Crippen molar-refractivity contribution in [3.8, 4) is 0 Å². The van der Waals surface area contributed by atoms with E-state index in [9.17, 15) is 14.7 Å². The molecule has 1 spiro atoms. The average molecular weight is 247 g/mol. The monoisotopic (exact) mass is 247 g/mol. The molecule has 1 fully saturated rings. The standard InChI is InChI=1S/C13H13NO4/c15-9-4-6-13-5-2-1-3-10(13)18-8-7-14(13)11(9)12(16)17/h1-4,6,11H,5,7-8H2,(H,16,17). The molecule has 2 heterocycles. The van der Waals surface area contributed by atoms with Crippen molar-refractivity contribution in [3.05, 3.63) is 36.1 Å². The quantitative estimate of drug-likeness (QED) is 0.683. The molecule has 0 aromatic rings. The molecule has 3 rings (SSSR count). The third-order valence-electron chi connectivity index (χ3n) is 3.68. The second-order valence-corrected chi connectivity index (χ2v) is 4.61. The Kier molecular flexibility index (Phi) is 2.38. The predicted molar refractivity (Wildman–Crippen MR) is 62.8 cm³/mol. The first-order valence-corrected chi connectivity index (χ1v) is 5.88. The molecule has 1 N–H and O–H groups in total. The van der Waals surface area contributed by atoms with Gasteiger partial charge in [0.2, 0.25) is 0 Å². The highest BCUT2D eigenvalue weighted by molar-refractivity contribution is 6.09. The largest absolute Gasteiger partial charge is 0.494 e. The van der Waals surface area contributed by atoms with Gasteiger partial charge in [-0.15, -0.1) is 0 Å². The summed E-state index contributed by atoms with van der Waals surface area (Å²) in [7, 11) is 0. The molecule has 2 atom stereocenters. The molecule has 0 saturated carbocycles. The van der Waals surface area contributed by atoms with E-state index in [-0.39, 0.29) is 5.78 Å². The lowest BCUT2D eigenvalue weighted by Gasteiger charge is -2.50. The number of aliphatic carboxylic acids is 1. The molecule has 0 radical (unpaired) electrons. The van der Waals surface area contributed by atoms with Crippen LogP contribution in [0.15, 0.2) is 36.1 Å². The van der Waals surface area contributed by atoms with E-state index >= 15 is 0 Å². The maximum Gasteiger partial charge on any atom is 0.329 e. The number of nitrogens with zero attached hydrogens (tertiary/aromatic N) is 1. The van der Waals surface area contributed by atoms with Gasteiger partial charge in [0.05, 0.1) is 0 Å². The van der Waals surface area contributed by atoms with Gasteiger partial charge in [0.25, 0.3) is 0 Å². The van der Waals surface area contributed by atoms with Gasteiger partial charge in [0.1, 0.15) is 17.9 Å². The normalized spacial score (nSPS) is 34.3. The molecule has 2 unspecified atom stereocenters. The van der Waals surface area contributed by atoms with Gasteiger partial charge < -0.3 is 9.84 Å². The fourth-order valence-corrected chi connectivity index (χ4v) is 2.86. The third kappa shape index (κ3) is 1.37. The minimum absolute atomic E-state index is 0.371. The zero-order valence-corrected chi connectivity index (χ0v) is 9.70. The van der Waals surface area contributed by atoms with E-state index in [0.717, 1.165) is 5.76 Å². The van der Waals surface area contributed by atoms with E-state index in [1.807, 2.05) is 18.2 Å². The predicted octanol–water partition coefficient (Wildman–Crippen LogP) is 0.493. The summed E-state index contributed by atoms with van der Waals surface area (Å²) in [5, 5.41) is 9.26. The Hall–Kier alpha value is -1.88. The molecule has 5 nitrogen and oxygen atoms in total. The number of hydrogen-bond donors (Lipinski definition) is 1. The van der Waals surface area contributed by atoms with E-state index in [1.54, 1.807) is 11.0 Å². The topological polar surface area (TPSA) is 66.8 Å². The van der Waals surface area contributed by atoms with Gasteiger partial charge in [-0.25, -0.2) is 0 Å². The van der Waals surface area contributed by atoms with Crippen LogP contribution in [0.3, 0.4) is 0 Å². The van der Waals surface area contributed by atoms with Crippen molar-refractivity contribution < 1.29 is 19.4 Å². The smallest absolute Gasteiger partial charge is 0.329 e. The molecule has 3 aliphatic rings. The van der Waals surface area contributed by atoms with E-state index < -0.39 is 17.6 Å². The van der Waals surface area contributed by atoms with E-state index in [0.29, 0.717) is 19.6 Å². The number of hydrogen-bond acceptors (Lipinski definition) is 4. The number of carboxylic acids is 1. The average Bonchev–Trinajstić information content (AvgIpc) is 2.36. The van der Waals surface area contributed by atoms with Gasteiger partial charge >= 0.3 is 5.97 Å². The van der Waals surface area contributed by atoms with Crippen LogP contribution in [0.4, 0.5) is 0 Å². The van der Waals surface area contributed by atoms with Gasteiger partial charge in [0, 0.05) is 6.54 Å². The second-order valence-electron chi connectivity index (χ2n) is 4.61. The summed E-state index contributed by atoms with van der Waals surface area (Å²) in [5.41, 5.74) is -0.593. The lowest BCUT2D eigenvalue weighted by molar-refractivity contribution is -0.152. The fourth-order valence-electron chi connectivity index (χ4n) is 2.86. The van der Waals surface area contributed by atoms with Crippen molar-refractivity contribution in [1.29, 1.82) is 0 Å². The highest BCUT2D eigenvalue weighted by atomic mass is 16.5. The Labute approximate surface area is 104 Å². The minimum atomic E-state index is -1.10. The number of carbonyl (C=O) groups is 2. The Bertz CT molecular complexity index is 505. The molecule has 18 heavy (non-hydrogen) atoms. The van der Waals surface area contributed by atoms with Crippen LogP contribution in [-0.4, -0.2) is 46.5 Å². The second kappa shape index (κ2) is 3.81. The molecule has 94 valence electrons. The summed E-state index contributed by atoms with van der Waals surface area (Å²) < 4.78 is 5.62. The van der Waals surface area contributed by atoms with E-state index in [2.05, 4.69) is 0 Å². The van der Waals surface area contributed by atoms with Gasteiger partial charge in [-0.05, 0) is 18.6 Å². The first-order chi connectivity index (χ1) is 8.65. The molecule has 2 aliphatic heterocycles. The Morgan fingerprint density at radius 1 is 1.56 bits per heavy atom. The summed E-state index contributed by atoms with van der Waals surface area (Å²) in [6.07, 6.45) is 9.47. The molecule has 0 bridgehead atoms. The number of allylic oxidation sites excluding steroid dienone is 2. The number of carbonyl (C=O) groups excluding carboxylic acids is 1. The van der Waals surface area contributed by atoms with Crippen molar-refractivity contribution in [3.63, 3.8) is 0 Å². The maximum absolute atomic E-state index is 11.8. The number of ketones is 1. The van der Waals surface area contributed by atoms with Gasteiger partial charge in [-0.3, -0.25) is 14.5 Å². The highest BCUT2D eigenvalue weighted by Crippen LogP contribution is 2.40. The molecule has 5 heteroatoms. The molecule has 0 aromatic carbocycles. The van der Waals surface area contributed by atoms with Crippen LogP contribution in [0, 0.1) is 0 Å². The summed E-state index contributed by atoms with van der Waals surface area (Å²) >= 11 is 0. The van der Waals surface area contributed by atoms with Crippen LogP contribution in [0.1, 0.15) is 6.42 Å². The van der Waals surface area contributed by atoms with Crippen LogP contribution < -0.4 is 0 Å². The fraction of sp³-hybridized carbons (Fsp3) is 0.385. The van der Waals surface area contributed by atoms with Crippen molar-refractivity contribution in [2.75, 3.05) is 13.2 Å². The minimum Gasteiger partial charge on any atom is -0.494 e. The Morgan fingerprint density at radius 3 is 3.17 bits per heavy atom. The molecular formula is C13H13NO4. The number of morpholine rings is 1. The Morgan fingerprint density at radius 2 is 2.39 bits per heavy atom. The number of carboxylic acid groups (broad SMARTS) is 1. The zero-order valence-electron chi connectivity index (χ0n) is 9.70. The summed E-state index contributed by atoms with van der Waals surface area (Å²) in [6.45, 7) is 0.852. The Balaban J connectivity index is 2.11.